The monoisotopic (exact) mass is 250 g/mol. The molecular formula is C15H26N2O. The van der Waals surface area contributed by atoms with Gasteiger partial charge in [-0.1, -0.05) is 19.3 Å². The summed E-state index contributed by atoms with van der Waals surface area (Å²) in [4.78, 5) is 14.4. The molecule has 1 heterocycles. The number of carbonyl (C=O) groups excluding carboxylic acids is 1. The second kappa shape index (κ2) is 4.52. The molecule has 2 saturated carbocycles. The van der Waals surface area contributed by atoms with E-state index >= 15 is 0 Å². The van der Waals surface area contributed by atoms with Crippen LogP contribution in [0.1, 0.15) is 64.2 Å². The Balaban J connectivity index is 1.56. The Morgan fingerprint density at radius 3 is 2.33 bits per heavy atom. The molecule has 102 valence electrons. The Kier molecular flexibility index (Phi) is 3.13. The summed E-state index contributed by atoms with van der Waals surface area (Å²) in [6.45, 7) is 2.00. The molecule has 3 fully saturated rings. The first-order valence-electron chi connectivity index (χ1n) is 7.68. The fraction of sp³-hybridized carbons (Fsp3) is 0.933. The van der Waals surface area contributed by atoms with Gasteiger partial charge in [-0.2, -0.15) is 0 Å². The maximum absolute atomic E-state index is 12.3. The van der Waals surface area contributed by atoms with Gasteiger partial charge in [0.2, 0.25) is 5.91 Å². The van der Waals surface area contributed by atoms with Gasteiger partial charge in [0.15, 0.2) is 0 Å². The second-order valence-electron chi connectivity index (χ2n) is 7.02. The second-order valence-corrected chi connectivity index (χ2v) is 7.02. The molecule has 0 bridgehead atoms. The van der Waals surface area contributed by atoms with Crippen LogP contribution in [0.2, 0.25) is 0 Å². The van der Waals surface area contributed by atoms with E-state index in [1.165, 1.54) is 44.9 Å². The Hall–Kier alpha value is -0.570. The zero-order valence-corrected chi connectivity index (χ0v) is 11.4. The largest absolute Gasteiger partial charge is 0.342 e. The molecule has 1 amide bonds. The molecule has 0 radical (unpaired) electrons. The van der Waals surface area contributed by atoms with Crippen molar-refractivity contribution in [2.24, 2.45) is 11.1 Å². The van der Waals surface area contributed by atoms with E-state index < -0.39 is 0 Å². The highest BCUT2D eigenvalue weighted by molar-refractivity contribution is 5.78. The van der Waals surface area contributed by atoms with Crippen LogP contribution in [0.3, 0.4) is 0 Å². The summed E-state index contributed by atoms with van der Waals surface area (Å²) >= 11 is 0. The van der Waals surface area contributed by atoms with Crippen molar-refractivity contribution in [1.82, 2.24) is 4.90 Å². The zero-order valence-electron chi connectivity index (χ0n) is 11.4. The summed E-state index contributed by atoms with van der Waals surface area (Å²) in [5.74, 6) is 0.319. The first-order chi connectivity index (χ1) is 8.61. The normalized spacial score (nSPS) is 29.3. The first-order valence-corrected chi connectivity index (χ1v) is 7.68. The molecular weight excluding hydrogens is 224 g/mol. The molecule has 18 heavy (non-hydrogen) atoms. The molecule has 0 aromatic carbocycles. The van der Waals surface area contributed by atoms with Crippen LogP contribution < -0.4 is 5.73 Å². The van der Waals surface area contributed by atoms with E-state index in [2.05, 4.69) is 4.90 Å². The van der Waals surface area contributed by atoms with E-state index in [9.17, 15) is 4.79 Å². The van der Waals surface area contributed by atoms with Crippen LogP contribution >= 0.6 is 0 Å². The van der Waals surface area contributed by atoms with Crippen LogP contribution in [0.5, 0.6) is 0 Å². The molecule has 3 aliphatic rings. The van der Waals surface area contributed by atoms with Crippen molar-refractivity contribution in [3.63, 3.8) is 0 Å². The van der Waals surface area contributed by atoms with Crippen LogP contribution in [0.25, 0.3) is 0 Å². The Morgan fingerprint density at radius 2 is 1.72 bits per heavy atom. The SMILES string of the molecule is NC1(CC(=O)N2CCC3(CCCCC3)C2)CCC1. The fourth-order valence-electron chi connectivity index (χ4n) is 4.08. The third-order valence-electron chi connectivity index (χ3n) is 5.56. The van der Waals surface area contributed by atoms with Gasteiger partial charge >= 0.3 is 0 Å². The van der Waals surface area contributed by atoms with Crippen LogP contribution in [0.15, 0.2) is 0 Å². The molecule has 0 unspecified atom stereocenters. The molecule has 0 aromatic heterocycles. The van der Waals surface area contributed by atoms with Gasteiger partial charge < -0.3 is 10.6 Å². The van der Waals surface area contributed by atoms with Crippen molar-refractivity contribution >= 4 is 5.91 Å². The Labute approximate surface area is 110 Å². The third-order valence-corrected chi connectivity index (χ3v) is 5.56. The average Bonchev–Trinajstić information content (AvgIpc) is 2.72. The van der Waals surface area contributed by atoms with Gasteiger partial charge in [-0.3, -0.25) is 4.79 Å². The van der Waals surface area contributed by atoms with Gasteiger partial charge in [-0.25, -0.2) is 0 Å². The summed E-state index contributed by atoms with van der Waals surface area (Å²) in [5, 5.41) is 0. The maximum Gasteiger partial charge on any atom is 0.224 e. The first kappa shape index (κ1) is 12.5. The number of amides is 1. The highest BCUT2D eigenvalue weighted by Crippen LogP contribution is 2.44. The summed E-state index contributed by atoms with van der Waals surface area (Å²) < 4.78 is 0. The van der Waals surface area contributed by atoms with Crippen molar-refractivity contribution in [2.45, 2.75) is 69.7 Å². The van der Waals surface area contributed by atoms with E-state index in [1.807, 2.05) is 0 Å². The van der Waals surface area contributed by atoms with E-state index in [1.54, 1.807) is 0 Å². The summed E-state index contributed by atoms with van der Waals surface area (Å²) in [6, 6.07) is 0. The quantitative estimate of drug-likeness (QED) is 0.818. The predicted molar refractivity (Wildman–Crippen MR) is 72.1 cm³/mol. The van der Waals surface area contributed by atoms with E-state index in [4.69, 9.17) is 5.73 Å². The summed E-state index contributed by atoms with van der Waals surface area (Å²) in [6.07, 6.45) is 11.9. The number of likely N-dealkylation sites (tertiary alicyclic amines) is 1. The van der Waals surface area contributed by atoms with Gasteiger partial charge in [0.05, 0.1) is 0 Å². The molecule has 1 aliphatic heterocycles. The third kappa shape index (κ3) is 2.29. The zero-order chi connectivity index (χ0) is 12.6. The van der Waals surface area contributed by atoms with Gasteiger partial charge in [-0.05, 0) is 43.9 Å². The highest BCUT2D eigenvalue weighted by atomic mass is 16.2. The average molecular weight is 250 g/mol. The lowest BCUT2D eigenvalue weighted by Gasteiger charge is -2.39. The lowest BCUT2D eigenvalue weighted by Crippen LogP contribution is -2.50. The standard InChI is InChI=1S/C15H26N2O/c16-15(7-4-8-15)11-13(18)17-10-9-14(12-17)5-2-1-3-6-14/h1-12,16H2. The maximum atomic E-state index is 12.3. The lowest BCUT2D eigenvalue weighted by molar-refractivity contribution is -0.132. The number of hydrogen-bond donors (Lipinski definition) is 1. The minimum Gasteiger partial charge on any atom is -0.342 e. The van der Waals surface area contributed by atoms with Crippen molar-refractivity contribution in [3.8, 4) is 0 Å². The smallest absolute Gasteiger partial charge is 0.224 e. The molecule has 0 atom stereocenters. The number of hydrogen-bond acceptors (Lipinski definition) is 2. The Bertz CT molecular complexity index is 329. The highest BCUT2D eigenvalue weighted by Gasteiger charge is 2.42. The molecule has 1 spiro atoms. The van der Waals surface area contributed by atoms with E-state index in [-0.39, 0.29) is 5.54 Å². The number of carbonyl (C=O) groups is 1. The minimum absolute atomic E-state index is 0.153. The molecule has 2 N–H and O–H groups in total. The van der Waals surface area contributed by atoms with Crippen LogP contribution in [0, 0.1) is 5.41 Å². The van der Waals surface area contributed by atoms with E-state index in [0.29, 0.717) is 17.7 Å². The molecule has 2 aliphatic carbocycles. The molecule has 3 nitrogen and oxygen atoms in total. The lowest BCUT2D eigenvalue weighted by atomic mass is 9.73. The van der Waals surface area contributed by atoms with Crippen molar-refractivity contribution in [3.05, 3.63) is 0 Å². The van der Waals surface area contributed by atoms with Gasteiger partial charge in [0.25, 0.3) is 0 Å². The van der Waals surface area contributed by atoms with Crippen molar-refractivity contribution < 1.29 is 4.79 Å². The molecule has 0 aromatic rings. The number of nitrogens with zero attached hydrogens (tertiary/aromatic N) is 1. The summed E-state index contributed by atoms with van der Waals surface area (Å²) in [7, 11) is 0. The van der Waals surface area contributed by atoms with Crippen LogP contribution in [0.4, 0.5) is 0 Å². The summed E-state index contributed by atoms with van der Waals surface area (Å²) in [5.41, 5.74) is 6.52. The van der Waals surface area contributed by atoms with Crippen molar-refractivity contribution in [1.29, 1.82) is 0 Å². The topological polar surface area (TPSA) is 46.3 Å². The van der Waals surface area contributed by atoms with Crippen molar-refractivity contribution in [2.75, 3.05) is 13.1 Å². The Morgan fingerprint density at radius 1 is 1.00 bits per heavy atom. The predicted octanol–water partition coefficient (Wildman–Crippen LogP) is 2.44. The van der Waals surface area contributed by atoms with Gasteiger partial charge in [0, 0.05) is 25.0 Å². The van der Waals surface area contributed by atoms with Crippen LogP contribution in [-0.4, -0.2) is 29.4 Å². The van der Waals surface area contributed by atoms with Crippen LogP contribution in [-0.2, 0) is 4.79 Å². The van der Waals surface area contributed by atoms with Gasteiger partial charge in [-0.15, -0.1) is 0 Å². The minimum atomic E-state index is -0.153. The van der Waals surface area contributed by atoms with E-state index in [0.717, 1.165) is 25.9 Å². The fourth-order valence-corrected chi connectivity index (χ4v) is 4.08. The number of rotatable bonds is 2. The molecule has 1 saturated heterocycles. The molecule has 3 rings (SSSR count). The number of nitrogens with two attached hydrogens (primary N) is 1. The molecule has 3 heteroatoms. The van der Waals surface area contributed by atoms with Gasteiger partial charge in [0.1, 0.15) is 0 Å².